The van der Waals surface area contributed by atoms with E-state index < -0.39 is 6.04 Å². The van der Waals surface area contributed by atoms with Gasteiger partial charge in [-0.1, -0.05) is 12.1 Å². The van der Waals surface area contributed by atoms with Crippen molar-refractivity contribution >= 4 is 28.5 Å². The summed E-state index contributed by atoms with van der Waals surface area (Å²) in [4.78, 5) is 32.6. The number of amides is 2. The van der Waals surface area contributed by atoms with E-state index in [0.29, 0.717) is 11.3 Å². The van der Waals surface area contributed by atoms with Gasteiger partial charge in [-0.3, -0.25) is 9.59 Å². The van der Waals surface area contributed by atoms with Gasteiger partial charge in [0, 0.05) is 17.5 Å². The standard InChI is InChI=1S/C21H19N5O2/c1-12(20(27)24-14-8-6-13(11-22)7-9-14)23-21(28)16-10-15(16)19-25-17-4-2-3-5-18(17)26-19/h2-9,12,15-16H,10H2,1H3,(H,23,28)(H,24,27)(H,25,26)/t12-,15+,16+/m1/s1. The lowest BCUT2D eigenvalue weighted by atomic mass is 10.2. The summed E-state index contributed by atoms with van der Waals surface area (Å²) in [6.07, 6.45) is 0.718. The topological polar surface area (TPSA) is 111 Å². The second-order valence-electron chi connectivity index (χ2n) is 7.00. The van der Waals surface area contributed by atoms with Crippen molar-refractivity contribution in [3.05, 3.63) is 59.9 Å². The van der Waals surface area contributed by atoms with Gasteiger partial charge in [-0.05, 0) is 49.7 Å². The fourth-order valence-electron chi connectivity index (χ4n) is 3.20. The molecule has 1 aromatic heterocycles. The van der Waals surface area contributed by atoms with E-state index in [1.807, 2.05) is 30.3 Å². The Morgan fingerprint density at radius 2 is 1.96 bits per heavy atom. The summed E-state index contributed by atoms with van der Waals surface area (Å²) in [5, 5.41) is 14.3. The summed E-state index contributed by atoms with van der Waals surface area (Å²) in [5.74, 6) is 0.245. The summed E-state index contributed by atoms with van der Waals surface area (Å²) < 4.78 is 0. The van der Waals surface area contributed by atoms with Crippen LogP contribution >= 0.6 is 0 Å². The number of fused-ring (bicyclic) bond motifs is 1. The average Bonchev–Trinajstić information content (AvgIpc) is 3.40. The fraction of sp³-hybridized carbons (Fsp3) is 0.238. The molecule has 1 aliphatic rings. The number of nitrogens with zero attached hydrogens (tertiary/aromatic N) is 2. The third-order valence-corrected chi connectivity index (χ3v) is 4.92. The van der Waals surface area contributed by atoms with Crippen LogP contribution in [0.15, 0.2) is 48.5 Å². The first-order valence-corrected chi connectivity index (χ1v) is 9.11. The number of aromatic nitrogens is 2. The molecule has 0 saturated heterocycles. The first-order chi connectivity index (χ1) is 13.5. The number of rotatable bonds is 5. The quantitative estimate of drug-likeness (QED) is 0.638. The molecule has 1 heterocycles. The van der Waals surface area contributed by atoms with Gasteiger partial charge in [-0.25, -0.2) is 4.98 Å². The van der Waals surface area contributed by atoms with E-state index in [4.69, 9.17) is 5.26 Å². The number of para-hydroxylation sites is 2. The van der Waals surface area contributed by atoms with E-state index in [0.717, 1.165) is 23.3 Å². The lowest BCUT2D eigenvalue weighted by Crippen LogP contribution is -2.42. The average molecular weight is 373 g/mol. The number of anilines is 1. The molecule has 0 bridgehead atoms. The van der Waals surface area contributed by atoms with Crippen molar-refractivity contribution in [1.29, 1.82) is 5.26 Å². The lowest BCUT2D eigenvalue weighted by molar-refractivity contribution is -0.127. The number of nitriles is 1. The first-order valence-electron chi connectivity index (χ1n) is 9.11. The van der Waals surface area contributed by atoms with Crippen molar-refractivity contribution in [2.45, 2.75) is 25.3 Å². The monoisotopic (exact) mass is 373 g/mol. The maximum Gasteiger partial charge on any atom is 0.246 e. The molecule has 7 heteroatoms. The Balaban J connectivity index is 1.33. The molecule has 1 fully saturated rings. The number of benzene rings is 2. The van der Waals surface area contributed by atoms with Crippen molar-refractivity contribution in [1.82, 2.24) is 15.3 Å². The van der Waals surface area contributed by atoms with Crippen LogP contribution in [0.25, 0.3) is 11.0 Å². The highest BCUT2D eigenvalue weighted by Gasteiger charge is 2.46. The Labute approximate surface area is 161 Å². The molecule has 7 nitrogen and oxygen atoms in total. The molecule has 0 spiro atoms. The molecule has 3 N–H and O–H groups in total. The van der Waals surface area contributed by atoms with Gasteiger partial charge in [-0.15, -0.1) is 0 Å². The Kier molecular flexibility index (Phi) is 4.53. The zero-order chi connectivity index (χ0) is 19.7. The lowest BCUT2D eigenvalue weighted by Gasteiger charge is -2.14. The van der Waals surface area contributed by atoms with Gasteiger partial charge in [0.2, 0.25) is 11.8 Å². The van der Waals surface area contributed by atoms with Gasteiger partial charge in [0.05, 0.1) is 22.7 Å². The van der Waals surface area contributed by atoms with E-state index in [1.165, 1.54) is 0 Å². The smallest absolute Gasteiger partial charge is 0.246 e. The maximum absolute atomic E-state index is 12.5. The van der Waals surface area contributed by atoms with Crippen molar-refractivity contribution in [2.24, 2.45) is 5.92 Å². The Bertz CT molecular complexity index is 1050. The van der Waals surface area contributed by atoms with Crippen molar-refractivity contribution in [3.63, 3.8) is 0 Å². The van der Waals surface area contributed by atoms with E-state index in [9.17, 15) is 9.59 Å². The molecule has 140 valence electrons. The highest BCUT2D eigenvalue weighted by molar-refractivity contribution is 5.97. The highest BCUT2D eigenvalue weighted by Crippen LogP contribution is 2.46. The maximum atomic E-state index is 12.5. The molecule has 0 radical (unpaired) electrons. The van der Waals surface area contributed by atoms with Crippen LogP contribution < -0.4 is 10.6 Å². The number of hydrogen-bond acceptors (Lipinski definition) is 4. The van der Waals surface area contributed by atoms with Crippen LogP contribution in [0.3, 0.4) is 0 Å². The first kappa shape index (κ1) is 17.7. The molecule has 0 unspecified atom stereocenters. The molecule has 4 rings (SSSR count). The van der Waals surface area contributed by atoms with E-state index in [2.05, 4.69) is 20.6 Å². The SMILES string of the molecule is C[C@@H](NC(=O)[C@H]1C[C@@H]1c1nc2ccccc2[nH]1)C(=O)Nc1ccc(C#N)cc1. The second kappa shape index (κ2) is 7.16. The second-order valence-corrected chi connectivity index (χ2v) is 7.00. The third-order valence-electron chi connectivity index (χ3n) is 4.92. The van der Waals surface area contributed by atoms with Gasteiger partial charge < -0.3 is 15.6 Å². The number of H-pyrrole nitrogens is 1. The minimum absolute atomic E-state index is 0.0567. The number of aromatic amines is 1. The Morgan fingerprint density at radius 1 is 1.21 bits per heavy atom. The number of imidazole rings is 1. The minimum atomic E-state index is -0.667. The predicted octanol–water partition coefficient (Wildman–Crippen LogP) is 2.68. The van der Waals surface area contributed by atoms with Crippen LogP contribution in [0.5, 0.6) is 0 Å². The summed E-state index contributed by atoms with van der Waals surface area (Å²) in [7, 11) is 0. The predicted molar refractivity (Wildman–Crippen MR) is 104 cm³/mol. The van der Waals surface area contributed by atoms with Crippen molar-refractivity contribution in [3.8, 4) is 6.07 Å². The molecular formula is C21H19N5O2. The van der Waals surface area contributed by atoms with Gasteiger partial charge >= 0.3 is 0 Å². The van der Waals surface area contributed by atoms with E-state index >= 15 is 0 Å². The number of nitrogens with one attached hydrogen (secondary N) is 3. The summed E-state index contributed by atoms with van der Waals surface area (Å²) in [5.41, 5.74) is 2.94. The van der Waals surface area contributed by atoms with Crippen LogP contribution in [0.2, 0.25) is 0 Å². The number of hydrogen-bond donors (Lipinski definition) is 3. The van der Waals surface area contributed by atoms with Gasteiger partial charge in [0.1, 0.15) is 11.9 Å². The van der Waals surface area contributed by atoms with Crippen LogP contribution in [0.1, 0.15) is 30.7 Å². The van der Waals surface area contributed by atoms with Gasteiger partial charge in [-0.2, -0.15) is 5.26 Å². The number of carbonyl (C=O) groups is 2. The minimum Gasteiger partial charge on any atom is -0.344 e. The molecule has 28 heavy (non-hydrogen) atoms. The fourth-order valence-corrected chi connectivity index (χ4v) is 3.20. The Morgan fingerprint density at radius 3 is 2.68 bits per heavy atom. The van der Waals surface area contributed by atoms with E-state index in [1.54, 1.807) is 31.2 Å². The normalized spacial score (nSPS) is 18.9. The zero-order valence-corrected chi connectivity index (χ0v) is 15.3. The molecule has 0 aliphatic heterocycles. The van der Waals surface area contributed by atoms with Gasteiger partial charge in [0.15, 0.2) is 0 Å². The van der Waals surface area contributed by atoms with Gasteiger partial charge in [0.25, 0.3) is 0 Å². The molecule has 2 aromatic carbocycles. The third kappa shape index (κ3) is 3.58. The van der Waals surface area contributed by atoms with Crippen molar-refractivity contribution < 1.29 is 9.59 Å². The van der Waals surface area contributed by atoms with Crippen LogP contribution in [0, 0.1) is 17.2 Å². The summed E-state index contributed by atoms with van der Waals surface area (Å²) in [6.45, 7) is 1.65. The summed E-state index contributed by atoms with van der Waals surface area (Å²) >= 11 is 0. The van der Waals surface area contributed by atoms with Crippen LogP contribution in [-0.4, -0.2) is 27.8 Å². The highest BCUT2D eigenvalue weighted by atomic mass is 16.2. The molecule has 3 aromatic rings. The molecule has 2 amide bonds. The molecule has 1 aliphatic carbocycles. The van der Waals surface area contributed by atoms with Crippen molar-refractivity contribution in [2.75, 3.05) is 5.32 Å². The Hall–Kier alpha value is -3.66. The van der Waals surface area contributed by atoms with E-state index in [-0.39, 0.29) is 23.7 Å². The molecule has 1 saturated carbocycles. The van der Waals surface area contributed by atoms with Crippen LogP contribution in [-0.2, 0) is 9.59 Å². The molecule has 3 atom stereocenters. The van der Waals surface area contributed by atoms with Crippen LogP contribution in [0.4, 0.5) is 5.69 Å². The summed E-state index contributed by atoms with van der Waals surface area (Å²) in [6, 6.07) is 15.7. The molecular weight excluding hydrogens is 354 g/mol. The number of carbonyl (C=O) groups excluding carboxylic acids is 2. The zero-order valence-electron chi connectivity index (χ0n) is 15.3. The largest absolute Gasteiger partial charge is 0.344 e.